The summed E-state index contributed by atoms with van der Waals surface area (Å²) >= 11 is 5.94. The van der Waals surface area contributed by atoms with E-state index in [1.165, 1.54) is 0 Å². The lowest BCUT2D eigenvalue weighted by Crippen LogP contribution is -2.01. The Morgan fingerprint density at radius 1 is 1.40 bits per heavy atom. The van der Waals surface area contributed by atoms with E-state index in [2.05, 4.69) is 0 Å². The van der Waals surface area contributed by atoms with E-state index >= 15 is 0 Å². The third-order valence-electron chi connectivity index (χ3n) is 2.20. The Kier molecular flexibility index (Phi) is 3.00. The van der Waals surface area contributed by atoms with Crippen LogP contribution < -0.4 is 10.5 Å². The average molecular weight is 230 g/mol. The van der Waals surface area contributed by atoms with E-state index in [9.17, 15) is 0 Å². The molecule has 0 unspecified atom stereocenters. The second-order valence-electron chi connectivity index (χ2n) is 3.20. The van der Waals surface area contributed by atoms with Gasteiger partial charge in [-0.2, -0.15) is 0 Å². The number of hydrogen-bond donors (Lipinski definition) is 1. The summed E-state index contributed by atoms with van der Waals surface area (Å²) in [4.78, 5) is 0. The molecule has 0 atom stereocenters. The molecule has 1 heterocycles. The molecule has 1 saturated heterocycles. The Hall–Kier alpha value is -0.970. The van der Waals surface area contributed by atoms with E-state index in [1.54, 1.807) is 19.2 Å². The molecule has 0 aromatic heterocycles. The molecule has 0 radical (unpaired) electrons. The van der Waals surface area contributed by atoms with Gasteiger partial charge in [-0.1, -0.05) is 11.6 Å². The van der Waals surface area contributed by atoms with Crippen LogP contribution in [0.1, 0.15) is 11.9 Å². The van der Waals surface area contributed by atoms with Crippen LogP contribution in [0.5, 0.6) is 5.75 Å². The molecular formula is C10H12ClNO3. The normalized spacial score (nSPS) is 16.9. The minimum atomic E-state index is -0.363. The number of hydrogen-bond acceptors (Lipinski definition) is 4. The second-order valence-corrected chi connectivity index (χ2v) is 3.58. The molecular weight excluding hydrogens is 218 g/mol. The highest BCUT2D eigenvalue weighted by Gasteiger charge is 2.20. The van der Waals surface area contributed by atoms with Gasteiger partial charge in [-0.25, -0.2) is 0 Å². The number of methoxy groups -OCH3 is 1. The monoisotopic (exact) mass is 229 g/mol. The predicted molar refractivity (Wildman–Crippen MR) is 57.1 cm³/mol. The van der Waals surface area contributed by atoms with Crippen LogP contribution in [0.2, 0.25) is 5.02 Å². The highest BCUT2D eigenvalue weighted by atomic mass is 35.5. The predicted octanol–water partition coefficient (Wildman–Crippen LogP) is 1.98. The van der Waals surface area contributed by atoms with Gasteiger partial charge in [-0.05, 0) is 12.1 Å². The Balaban J connectivity index is 2.35. The van der Waals surface area contributed by atoms with Gasteiger partial charge in [0.2, 0.25) is 0 Å². The van der Waals surface area contributed by atoms with Gasteiger partial charge in [0.15, 0.2) is 6.29 Å². The van der Waals surface area contributed by atoms with Crippen molar-refractivity contribution in [3.8, 4) is 5.75 Å². The van der Waals surface area contributed by atoms with Crippen molar-refractivity contribution >= 4 is 17.3 Å². The van der Waals surface area contributed by atoms with E-state index in [-0.39, 0.29) is 6.29 Å². The molecule has 0 bridgehead atoms. The second kappa shape index (κ2) is 4.26. The fraction of sp³-hybridized carbons (Fsp3) is 0.400. The van der Waals surface area contributed by atoms with Gasteiger partial charge in [0.1, 0.15) is 10.8 Å². The maximum atomic E-state index is 5.94. The van der Waals surface area contributed by atoms with Crippen molar-refractivity contribution in [3.05, 3.63) is 22.7 Å². The molecule has 1 aromatic rings. The van der Waals surface area contributed by atoms with Crippen LogP contribution >= 0.6 is 11.6 Å². The van der Waals surface area contributed by atoms with Gasteiger partial charge in [0.05, 0.1) is 26.0 Å². The first-order valence-corrected chi connectivity index (χ1v) is 4.96. The summed E-state index contributed by atoms with van der Waals surface area (Å²) in [5.74, 6) is 0.533. The largest absolute Gasteiger partial charge is 0.495 e. The quantitative estimate of drug-likeness (QED) is 0.788. The summed E-state index contributed by atoms with van der Waals surface area (Å²) in [6, 6.07) is 3.51. The van der Waals surface area contributed by atoms with Crippen LogP contribution in [0.25, 0.3) is 0 Å². The van der Waals surface area contributed by atoms with Gasteiger partial charge in [-0.15, -0.1) is 0 Å². The third-order valence-corrected chi connectivity index (χ3v) is 2.61. The van der Waals surface area contributed by atoms with Crippen LogP contribution in [0.4, 0.5) is 5.69 Å². The molecule has 0 saturated carbocycles. The first-order valence-electron chi connectivity index (χ1n) is 4.58. The molecule has 5 heteroatoms. The van der Waals surface area contributed by atoms with Gasteiger partial charge in [0.25, 0.3) is 0 Å². The van der Waals surface area contributed by atoms with Crippen molar-refractivity contribution in [2.45, 2.75) is 6.29 Å². The molecule has 2 N–H and O–H groups in total. The summed E-state index contributed by atoms with van der Waals surface area (Å²) < 4.78 is 15.8. The molecule has 4 nitrogen and oxygen atoms in total. The Morgan fingerprint density at radius 3 is 2.67 bits per heavy atom. The van der Waals surface area contributed by atoms with Gasteiger partial charge >= 0.3 is 0 Å². The number of nitrogen functional groups attached to an aromatic ring is 1. The Labute approximate surface area is 92.9 Å². The molecule has 0 spiro atoms. The molecule has 15 heavy (non-hydrogen) atoms. The SMILES string of the molecule is COc1cc(C2OCCO2)cc(N)c1Cl. The zero-order valence-corrected chi connectivity index (χ0v) is 9.08. The van der Waals surface area contributed by atoms with Crippen molar-refractivity contribution < 1.29 is 14.2 Å². The first-order chi connectivity index (χ1) is 7.22. The molecule has 82 valence electrons. The maximum Gasteiger partial charge on any atom is 0.184 e. The number of anilines is 1. The topological polar surface area (TPSA) is 53.7 Å². The van der Waals surface area contributed by atoms with E-state index in [0.717, 1.165) is 5.56 Å². The van der Waals surface area contributed by atoms with E-state index in [1.807, 2.05) is 0 Å². The van der Waals surface area contributed by atoms with Crippen LogP contribution in [-0.2, 0) is 9.47 Å². The summed E-state index contributed by atoms with van der Waals surface area (Å²) in [5.41, 5.74) is 7.03. The standard InChI is InChI=1S/C10H12ClNO3/c1-13-8-5-6(4-7(12)9(8)11)10-14-2-3-15-10/h4-5,10H,2-3,12H2,1H3. The van der Waals surface area contributed by atoms with Crippen LogP contribution in [0, 0.1) is 0 Å². The summed E-state index contributed by atoms with van der Waals surface area (Å²) in [6.45, 7) is 1.19. The molecule has 1 aliphatic heterocycles. The van der Waals surface area contributed by atoms with Crippen molar-refractivity contribution in [3.63, 3.8) is 0 Å². The number of benzene rings is 1. The zero-order valence-electron chi connectivity index (χ0n) is 8.33. The van der Waals surface area contributed by atoms with Crippen molar-refractivity contribution in [2.75, 3.05) is 26.1 Å². The van der Waals surface area contributed by atoms with Crippen LogP contribution in [0.3, 0.4) is 0 Å². The van der Waals surface area contributed by atoms with Crippen LogP contribution in [-0.4, -0.2) is 20.3 Å². The van der Waals surface area contributed by atoms with Crippen molar-refractivity contribution in [2.24, 2.45) is 0 Å². The van der Waals surface area contributed by atoms with Crippen LogP contribution in [0.15, 0.2) is 12.1 Å². The number of rotatable bonds is 2. The van der Waals surface area contributed by atoms with Gasteiger partial charge in [0, 0.05) is 5.56 Å². The molecule has 1 aromatic carbocycles. The maximum absolute atomic E-state index is 5.94. The number of nitrogens with two attached hydrogens (primary N) is 1. The fourth-order valence-electron chi connectivity index (χ4n) is 1.48. The van der Waals surface area contributed by atoms with E-state index < -0.39 is 0 Å². The molecule has 0 amide bonds. The minimum absolute atomic E-state index is 0.363. The lowest BCUT2D eigenvalue weighted by atomic mass is 10.2. The summed E-state index contributed by atoms with van der Waals surface area (Å²) in [6.07, 6.45) is -0.363. The molecule has 1 aliphatic rings. The van der Waals surface area contributed by atoms with Gasteiger partial charge in [-0.3, -0.25) is 0 Å². The van der Waals surface area contributed by atoms with Crippen molar-refractivity contribution in [1.29, 1.82) is 0 Å². The lowest BCUT2D eigenvalue weighted by molar-refractivity contribution is -0.0441. The average Bonchev–Trinajstić information content (AvgIpc) is 2.75. The third kappa shape index (κ3) is 2.02. The first kappa shape index (κ1) is 10.5. The Bertz CT molecular complexity index is 364. The lowest BCUT2D eigenvalue weighted by Gasteiger charge is -2.13. The van der Waals surface area contributed by atoms with Crippen molar-refractivity contribution in [1.82, 2.24) is 0 Å². The van der Waals surface area contributed by atoms with E-state index in [0.29, 0.717) is 29.7 Å². The highest BCUT2D eigenvalue weighted by Crippen LogP contribution is 2.35. The zero-order chi connectivity index (χ0) is 10.8. The molecule has 1 fully saturated rings. The molecule has 0 aliphatic carbocycles. The Morgan fingerprint density at radius 2 is 2.07 bits per heavy atom. The smallest absolute Gasteiger partial charge is 0.184 e. The summed E-state index contributed by atoms with van der Waals surface area (Å²) in [7, 11) is 1.54. The number of halogens is 1. The minimum Gasteiger partial charge on any atom is -0.495 e. The number of ether oxygens (including phenoxy) is 3. The fourth-order valence-corrected chi connectivity index (χ4v) is 1.66. The van der Waals surface area contributed by atoms with Gasteiger partial charge < -0.3 is 19.9 Å². The molecule has 2 rings (SSSR count). The summed E-state index contributed by atoms with van der Waals surface area (Å²) in [5, 5.41) is 0.416. The van der Waals surface area contributed by atoms with E-state index in [4.69, 9.17) is 31.5 Å². The highest BCUT2D eigenvalue weighted by molar-refractivity contribution is 6.34.